The number of hydrogen-bond acceptors (Lipinski definition) is 3. The monoisotopic (exact) mass is 338 g/mol. The van der Waals surface area contributed by atoms with Crippen molar-refractivity contribution >= 4 is 11.9 Å². The summed E-state index contributed by atoms with van der Waals surface area (Å²) in [5.74, 6) is -1.22. The van der Waals surface area contributed by atoms with Gasteiger partial charge in [0.1, 0.15) is 0 Å². The van der Waals surface area contributed by atoms with Gasteiger partial charge in [0.05, 0.1) is 11.1 Å². The van der Waals surface area contributed by atoms with Crippen LogP contribution < -0.4 is 0 Å². The zero-order valence-electron chi connectivity index (χ0n) is 15.8. The molecule has 0 saturated heterocycles. The van der Waals surface area contributed by atoms with Gasteiger partial charge in [-0.2, -0.15) is 0 Å². The van der Waals surface area contributed by atoms with Crippen molar-refractivity contribution in [2.75, 3.05) is 0 Å². The molecule has 0 aromatic heterocycles. The molecule has 3 nitrogen and oxygen atoms in total. The second-order valence-electron chi connectivity index (χ2n) is 8.27. The fourth-order valence-electron chi connectivity index (χ4n) is 2.82. The third kappa shape index (κ3) is 4.36. The van der Waals surface area contributed by atoms with Crippen molar-refractivity contribution in [2.24, 2.45) is 0 Å². The molecule has 0 bridgehead atoms. The number of benzene rings is 2. The molecule has 0 unspecified atom stereocenters. The molecule has 0 saturated carbocycles. The van der Waals surface area contributed by atoms with Crippen molar-refractivity contribution < 1.29 is 14.3 Å². The lowest BCUT2D eigenvalue weighted by Crippen LogP contribution is -2.22. The Kier molecular flexibility index (Phi) is 5.17. The molecular weight excluding hydrogens is 312 g/mol. The van der Waals surface area contributed by atoms with E-state index in [2.05, 4.69) is 0 Å². The number of carbonyl (C=O) groups excluding carboxylic acids is 2. The van der Waals surface area contributed by atoms with Gasteiger partial charge in [-0.3, -0.25) is 0 Å². The maximum atomic E-state index is 12.6. The smallest absolute Gasteiger partial charge is 0.346 e. The zero-order valence-corrected chi connectivity index (χ0v) is 15.8. The first-order valence-electron chi connectivity index (χ1n) is 8.47. The highest BCUT2D eigenvalue weighted by molar-refractivity contribution is 6.04. The molecule has 2 rings (SSSR count). The number of hydrogen-bond donors (Lipinski definition) is 0. The van der Waals surface area contributed by atoms with Gasteiger partial charge in [-0.15, -0.1) is 0 Å². The maximum Gasteiger partial charge on any atom is 0.346 e. The Balaban J connectivity index is 2.34. The quantitative estimate of drug-likeness (QED) is 0.553. The molecule has 132 valence electrons. The summed E-state index contributed by atoms with van der Waals surface area (Å²) in [5.41, 5.74) is 2.13. The Labute approximate surface area is 150 Å². The van der Waals surface area contributed by atoms with E-state index in [1.165, 1.54) is 0 Å². The van der Waals surface area contributed by atoms with Gasteiger partial charge in [-0.25, -0.2) is 9.59 Å². The number of carbonyl (C=O) groups is 2. The van der Waals surface area contributed by atoms with Crippen LogP contribution in [0.25, 0.3) is 0 Å². The Morgan fingerprint density at radius 2 is 0.960 bits per heavy atom. The van der Waals surface area contributed by atoms with Gasteiger partial charge in [0.25, 0.3) is 0 Å². The molecular formula is C22H26O3. The van der Waals surface area contributed by atoms with Crippen LogP contribution >= 0.6 is 0 Å². The van der Waals surface area contributed by atoms with Gasteiger partial charge in [0, 0.05) is 0 Å². The molecule has 0 fully saturated rings. The highest BCUT2D eigenvalue weighted by Gasteiger charge is 2.26. The van der Waals surface area contributed by atoms with Crippen LogP contribution in [0, 0.1) is 0 Å². The topological polar surface area (TPSA) is 43.4 Å². The van der Waals surface area contributed by atoms with E-state index in [-0.39, 0.29) is 10.8 Å². The van der Waals surface area contributed by atoms with Crippen LogP contribution in [0.5, 0.6) is 0 Å². The molecule has 0 radical (unpaired) electrons. The van der Waals surface area contributed by atoms with E-state index in [9.17, 15) is 9.59 Å². The van der Waals surface area contributed by atoms with Crippen molar-refractivity contribution in [2.45, 2.75) is 52.4 Å². The fraction of sp³-hybridized carbons (Fsp3) is 0.364. The van der Waals surface area contributed by atoms with Crippen LogP contribution in [-0.2, 0) is 15.6 Å². The Morgan fingerprint density at radius 3 is 1.28 bits per heavy atom. The molecule has 0 aliphatic heterocycles. The van der Waals surface area contributed by atoms with Crippen molar-refractivity contribution in [1.82, 2.24) is 0 Å². The van der Waals surface area contributed by atoms with Crippen LogP contribution in [0.3, 0.4) is 0 Å². The minimum atomic E-state index is -0.612. The van der Waals surface area contributed by atoms with Gasteiger partial charge in [0.15, 0.2) is 0 Å². The molecule has 0 heterocycles. The molecule has 0 aliphatic rings. The first-order chi connectivity index (χ1) is 11.5. The number of rotatable bonds is 2. The Bertz CT molecular complexity index is 722. The van der Waals surface area contributed by atoms with E-state index in [4.69, 9.17) is 4.74 Å². The molecule has 0 amide bonds. The number of ether oxygens (including phenoxy) is 1. The normalized spacial score (nSPS) is 11.9. The second kappa shape index (κ2) is 6.83. The highest BCUT2D eigenvalue weighted by Crippen LogP contribution is 2.28. The highest BCUT2D eigenvalue weighted by atomic mass is 16.6. The van der Waals surface area contributed by atoms with Crippen LogP contribution in [0.1, 0.15) is 73.4 Å². The largest absolute Gasteiger partial charge is 0.386 e. The van der Waals surface area contributed by atoms with E-state index in [0.29, 0.717) is 11.1 Å². The second-order valence-corrected chi connectivity index (χ2v) is 8.27. The lowest BCUT2D eigenvalue weighted by atomic mass is 9.83. The van der Waals surface area contributed by atoms with Gasteiger partial charge >= 0.3 is 11.9 Å². The summed E-state index contributed by atoms with van der Waals surface area (Å²) in [5, 5.41) is 0. The molecule has 0 N–H and O–H groups in total. The van der Waals surface area contributed by atoms with Crippen molar-refractivity contribution in [3.8, 4) is 0 Å². The maximum absolute atomic E-state index is 12.6. The van der Waals surface area contributed by atoms with Crippen LogP contribution in [-0.4, -0.2) is 11.9 Å². The molecule has 2 aromatic rings. The summed E-state index contributed by atoms with van der Waals surface area (Å²) in [4.78, 5) is 25.2. The standard InChI is InChI=1S/C22H26O3/c1-21(2,3)17-13-9-7-11-15(17)19(23)25-20(24)16-12-8-10-14-18(16)22(4,5)6/h7-14H,1-6H3. The fourth-order valence-corrected chi connectivity index (χ4v) is 2.82. The van der Waals surface area contributed by atoms with E-state index < -0.39 is 11.9 Å². The predicted octanol–water partition coefficient (Wildman–Crippen LogP) is 5.28. The third-order valence-corrected chi connectivity index (χ3v) is 4.10. The van der Waals surface area contributed by atoms with E-state index in [1.807, 2.05) is 65.8 Å². The van der Waals surface area contributed by atoms with E-state index in [1.54, 1.807) is 24.3 Å². The molecule has 2 aromatic carbocycles. The Hall–Kier alpha value is -2.42. The average molecular weight is 338 g/mol. The lowest BCUT2D eigenvalue weighted by Gasteiger charge is -2.23. The van der Waals surface area contributed by atoms with E-state index in [0.717, 1.165) is 11.1 Å². The lowest BCUT2D eigenvalue weighted by molar-refractivity contribution is 0.0394. The SMILES string of the molecule is CC(C)(C)c1ccccc1C(=O)OC(=O)c1ccccc1C(C)(C)C. The Morgan fingerprint density at radius 1 is 0.640 bits per heavy atom. The minimum Gasteiger partial charge on any atom is -0.386 e. The average Bonchev–Trinajstić information content (AvgIpc) is 2.53. The first kappa shape index (κ1) is 18.9. The number of esters is 2. The van der Waals surface area contributed by atoms with E-state index >= 15 is 0 Å². The summed E-state index contributed by atoms with van der Waals surface area (Å²) in [6.07, 6.45) is 0. The molecule has 0 aliphatic carbocycles. The summed E-state index contributed by atoms with van der Waals surface area (Å²) in [7, 11) is 0. The molecule has 25 heavy (non-hydrogen) atoms. The van der Waals surface area contributed by atoms with Crippen molar-refractivity contribution in [1.29, 1.82) is 0 Å². The van der Waals surface area contributed by atoms with Gasteiger partial charge in [0.2, 0.25) is 0 Å². The first-order valence-corrected chi connectivity index (χ1v) is 8.47. The summed E-state index contributed by atoms with van der Waals surface area (Å²) in [6, 6.07) is 14.5. The summed E-state index contributed by atoms with van der Waals surface area (Å²) >= 11 is 0. The predicted molar refractivity (Wildman–Crippen MR) is 100 cm³/mol. The molecule has 0 atom stereocenters. The van der Waals surface area contributed by atoms with Gasteiger partial charge in [-0.05, 0) is 34.1 Å². The van der Waals surface area contributed by atoms with Crippen molar-refractivity contribution in [3.63, 3.8) is 0 Å². The van der Waals surface area contributed by atoms with Gasteiger partial charge < -0.3 is 4.74 Å². The van der Waals surface area contributed by atoms with Gasteiger partial charge in [-0.1, -0.05) is 77.9 Å². The van der Waals surface area contributed by atoms with Crippen LogP contribution in [0.4, 0.5) is 0 Å². The van der Waals surface area contributed by atoms with Crippen LogP contribution in [0.15, 0.2) is 48.5 Å². The molecule has 0 spiro atoms. The zero-order chi connectivity index (χ0) is 18.8. The summed E-state index contributed by atoms with van der Waals surface area (Å²) in [6.45, 7) is 12.1. The third-order valence-electron chi connectivity index (χ3n) is 4.10. The minimum absolute atomic E-state index is 0.220. The molecule has 3 heteroatoms. The van der Waals surface area contributed by atoms with Crippen LogP contribution in [0.2, 0.25) is 0 Å². The summed E-state index contributed by atoms with van der Waals surface area (Å²) < 4.78 is 5.22. The van der Waals surface area contributed by atoms with Crippen molar-refractivity contribution in [3.05, 3.63) is 70.8 Å².